The summed E-state index contributed by atoms with van der Waals surface area (Å²) in [7, 11) is -3.92. The van der Waals surface area contributed by atoms with Crippen LogP contribution in [0.2, 0.25) is 0 Å². The van der Waals surface area contributed by atoms with Gasteiger partial charge in [-0.1, -0.05) is 109 Å². The van der Waals surface area contributed by atoms with Crippen molar-refractivity contribution in [3.05, 3.63) is 138 Å². The summed E-state index contributed by atoms with van der Waals surface area (Å²) in [5.74, 6) is -0.276. The SMILES string of the molecule is Cc1ccc(S(=O)(=O)N[C@H](Cc2ccccc2)C(=O)N(Cc2ccccc2)Cc2ccccc2)cc1. The Kier molecular flexibility index (Phi) is 8.31. The first-order valence-electron chi connectivity index (χ1n) is 11.9. The van der Waals surface area contributed by atoms with Gasteiger partial charge in [0.15, 0.2) is 0 Å². The van der Waals surface area contributed by atoms with Gasteiger partial charge in [0.05, 0.1) is 4.90 Å². The molecule has 6 heteroatoms. The van der Waals surface area contributed by atoms with Crippen LogP contribution in [0.1, 0.15) is 22.3 Å². The van der Waals surface area contributed by atoms with Crippen LogP contribution in [0, 0.1) is 6.92 Å². The number of aryl methyl sites for hydroxylation is 1. The lowest BCUT2D eigenvalue weighted by Crippen LogP contribution is -2.49. The van der Waals surface area contributed by atoms with Crippen molar-refractivity contribution in [3.8, 4) is 0 Å². The standard InChI is InChI=1S/C30H30N2O3S/c1-24-17-19-28(20-18-24)36(34,35)31-29(21-25-11-5-2-6-12-25)30(33)32(22-26-13-7-3-8-14-26)23-27-15-9-4-10-16-27/h2-20,29,31H,21-23H2,1H3/t29-/m1/s1. The summed E-state index contributed by atoms with van der Waals surface area (Å²) in [4.78, 5) is 15.9. The van der Waals surface area contributed by atoms with Gasteiger partial charge in [-0.3, -0.25) is 4.79 Å². The largest absolute Gasteiger partial charge is 0.333 e. The lowest BCUT2D eigenvalue weighted by molar-refractivity contribution is -0.134. The molecule has 4 aromatic carbocycles. The fourth-order valence-electron chi connectivity index (χ4n) is 4.04. The van der Waals surface area contributed by atoms with Crippen molar-refractivity contribution >= 4 is 15.9 Å². The van der Waals surface area contributed by atoms with Crippen molar-refractivity contribution in [2.24, 2.45) is 0 Å². The molecule has 0 heterocycles. The van der Waals surface area contributed by atoms with E-state index in [0.717, 1.165) is 22.3 Å². The molecule has 0 unspecified atom stereocenters. The average Bonchev–Trinajstić information content (AvgIpc) is 2.89. The minimum atomic E-state index is -3.92. The van der Waals surface area contributed by atoms with Crippen molar-refractivity contribution < 1.29 is 13.2 Å². The van der Waals surface area contributed by atoms with Crippen LogP contribution in [0.4, 0.5) is 0 Å². The van der Waals surface area contributed by atoms with E-state index < -0.39 is 16.1 Å². The topological polar surface area (TPSA) is 66.5 Å². The number of nitrogens with zero attached hydrogens (tertiary/aromatic N) is 1. The Balaban J connectivity index is 1.67. The average molecular weight is 499 g/mol. The molecule has 0 saturated heterocycles. The monoisotopic (exact) mass is 498 g/mol. The van der Waals surface area contributed by atoms with Crippen LogP contribution in [-0.2, 0) is 34.3 Å². The molecule has 0 bridgehead atoms. The van der Waals surface area contributed by atoms with Crippen LogP contribution >= 0.6 is 0 Å². The molecular formula is C30H30N2O3S. The molecule has 5 nitrogen and oxygen atoms in total. The molecule has 4 rings (SSSR count). The summed E-state index contributed by atoms with van der Waals surface area (Å²) in [5.41, 5.74) is 3.79. The molecule has 0 aliphatic rings. The zero-order valence-corrected chi connectivity index (χ0v) is 21.1. The molecular weight excluding hydrogens is 468 g/mol. The molecule has 0 aromatic heterocycles. The van der Waals surface area contributed by atoms with Gasteiger partial charge in [0.2, 0.25) is 15.9 Å². The molecule has 0 saturated carbocycles. The number of rotatable bonds is 10. The minimum absolute atomic E-state index is 0.136. The fraction of sp³-hybridized carbons (Fsp3) is 0.167. The second-order valence-corrected chi connectivity index (χ2v) is 10.6. The van der Waals surface area contributed by atoms with Crippen LogP contribution in [0.5, 0.6) is 0 Å². The first kappa shape index (κ1) is 25.4. The van der Waals surface area contributed by atoms with E-state index in [-0.39, 0.29) is 17.2 Å². The van der Waals surface area contributed by atoms with Gasteiger partial charge in [0.25, 0.3) is 0 Å². The van der Waals surface area contributed by atoms with Gasteiger partial charge in [-0.2, -0.15) is 4.72 Å². The second kappa shape index (κ2) is 11.8. The number of carbonyl (C=O) groups excluding carboxylic acids is 1. The molecule has 36 heavy (non-hydrogen) atoms. The van der Waals surface area contributed by atoms with Crippen LogP contribution in [0.25, 0.3) is 0 Å². The van der Waals surface area contributed by atoms with E-state index in [0.29, 0.717) is 13.1 Å². The maximum Gasteiger partial charge on any atom is 0.241 e. The first-order chi connectivity index (χ1) is 17.4. The van der Waals surface area contributed by atoms with Crippen molar-refractivity contribution in [1.82, 2.24) is 9.62 Å². The van der Waals surface area contributed by atoms with E-state index in [1.54, 1.807) is 29.2 Å². The number of hydrogen-bond donors (Lipinski definition) is 1. The minimum Gasteiger partial charge on any atom is -0.333 e. The van der Waals surface area contributed by atoms with E-state index >= 15 is 0 Å². The molecule has 184 valence electrons. The molecule has 0 aliphatic carbocycles. The second-order valence-electron chi connectivity index (χ2n) is 8.84. The summed E-state index contributed by atoms with van der Waals surface area (Å²) in [6.45, 7) is 2.63. The highest BCUT2D eigenvalue weighted by Crippen LogP contribution is 2.17. The van der Waals surface area contributed by atoms with Crippen LogP contribution < -0.4 is 4.72 Å². The van der Waals surface area contributed by atoms with Gasteiger partial charge in [0, 0.05) is 13.1 Å². The van der Waals surface area contributed by atoms with E-state index in [1.165, 1.54) is 0 Å². The third-order valence-corrected chi connectivity index (χ3v) is 7.44. The predicted molar refractivity (Wildman–Crippen MR) is 143 cm³/mol. The van der Waals surface area contributed by atoms with E-state index in [2.05, 4.69) is 4.72 Å². The maximum absolute atomic E-state index is 14.0. The summed E-state index contributed by atoms with van der Waals surface area (Å²) in [6.07, 6.45) is 0.241. The number of sulfonamides is 1. The Bertz CT molecular complexity index is 1320. The van der Waals surface area contributed by atoms with Crippen molar-refractivity contribution in [1.29, 1.82) is 0 Å². The lowest BCUT2D eigenvalue weighted by atomic mass is 10.0. The maximum atomic E-state index is 14.0. The molecule has 1 atom stereocenters. The highest BCUT2D eigenvalue weighted by molar-refractivity contribution is 7.89. The Morgan fingerprint density at radius 1 is 0.694 bits per heavy atom. The predicted octanol–water partition coefficient (Wildman–Crippen LogP) is 5.11. The Labute approximate surface area is 213 Å². The van der Waals surface area contributed by atoms with Crippen molar-refractivity contribution in [2.45, 2.75) is 37.4 Å². The molecule has 4 aromatic rings. The highest BCUT2D eigenvalue weighted by atomic mass is 32.2. The van der Waals surface area contributed by atoms with Crippen LogP contribution in [-0.4, -0.2) is 25.3 Å². The fourth-order valence-corrected chi connectivity index (χ4v) is 5.23. The quantitative estimate of drug-likeness (QED) is 0.330. The van der Waals surface area contributed by atoms with Gasteiger partial charge in [-0.15, -0.1) is 0 Å². The number of benzene rings is 4. The lowest BCUT2D eigenvalue weighted by Gasteiger charge is -2.28. The van der Waals surface area contributed by atoms with Crippen LogP contribution in [0.15, 0.2) is 120 Å². The molecule has 1 amide bonds. The van der Waals surface area contributed by atoms with E-state index in [4.69, 9.17) is 0 Å². The summed E-state index contributed by atoms with van der Waals surface area (Å²) < 4.78 is 29.3. The van der Waals surface area contributed by atoms with Gasteiger partial charge in [0.1, 0.15) is 6.04 Å². The summed E-state index contributed by atoms with van der Waals surface area (Å²) >= 11 is 0. The summed E-state index contributed by atoms with van der Waals surface area (Å²) in [6, 6.07) is 34.6. The zero-order chi connectivity index (χ0) is 25.4. The number of hydrogen-bond acceptors (Lipinski definition) is 3. The summed E-state index contributed by atoms with van der Waals surface area (Å²) in [5, 5.41) is 0. The van der Waals surface area contributed by atoms with Crippen molar-refractivity contribution in [2.75, 3.05) is 0 Å². The Morgan fingerprint density at radius 3 is 1.61 bits per heavy atom. The number of amides is 1. The van der Waals surface area contributed by atoms with Gasteiger partial charge in [-0.05, 0) is 42.2 Å². The molecule has 1 N–H and O–H groups in total. The third-order valence-electron chi connectivity index (χ3n) is 5.95. The normalized spacial score (nSPS) is 12.1. The molecule has 0 fully saturated rings. The first-order valence-corrected chi connectivity index (χ1v) is 13.4. The zero-order valence-electron chi connectivity index (χ0n) is 20.2. The van der Waals surface area contributed by atoms with Gasteiger partial charge < -0.3 is 4.90 Å². The number of carbonyl (C=O) groups is 1. The van der Waals surface area contributed by atoms with E-state index in [9.17, 15) is 13.2 Å². The molecule has 0 spiro atoms. The smallest absolute Gasteiger partial charge is 0.241 e. The van der Waals surface area contributed by atoms with Crippen molar-refractivity contribution in [3.63, 3.8) is 0 Å². The van der Waals surface area contributed by atoms with Gasteiger partial charge >= 0.3 is 0 Å². The van der Waals surface area contributed by atoms with Gasteiger partial charge in [-0.25, -0.2) is 8.42 Å². The molecule has 0 radical (unpaired) electrons. The van der Waals surface area contributed by atoms with Crippen LogP contribution in [0.3, 0.4) is 0 Å². The molecule has 0 aliphatic heterocycles. The van der Waals surface area contributed by atoms with E-state index in [1.807, 2.05) is 97.9 Å². The number of nitrogens with one attached hydrogen (secondary N) is 1. The Morgan fingerprint density at radius 2 is 1.14 bits per heavy atom. The third kappa shape index (κ3) is 6.90. The Hall–Kier alpha value is -3.74. The highest BCUT2D eigenvalue weighted by Gasteiger charge is 2.30.